The van der Waals surface area contributed by atoms with Crippen LogP contribution in [0.1, 0.15) is 13.0 Å². The van der Waals surface area contributed by atoms with Gasteiger partial charge in [0.05, 0.1) is 12.2 Å². The molecule has 0 aromatic carbocycles. The molecule has 1 heterocycles. The third kappa shape index (κ3) is 2.28. The van der Waals surface area contributed by atoms with Crippen molar-refractivity contribution in [2.24, 2.45) is 5.73 Å². The first-order valence-electron chi connectivity index (χ1n) is 3.89. The zero-order chi connectivity index (χ0) is 10.1. The van der Waals surface area contributed by atoms with Crippen molar-refractivity contribution >= 4 is 9.84 Å². The summed E-state index contributed by atoms with van der Waals surface area (Å²) in [5.74, 6) is 0. The Morgan fingerprint density at radius 3 is 2.69 bits per heavy atom. The molecule has 0 spiro atoms. The predicted molar refractivity (Wildman–Crippen MR) is 49.1 cm³/mol. The summed E-state index contributed by atoms with van der Waals surface area (Å²) in [6.07, 6.45) is 3.98. The second kappa shape index (κ2) is 3.47. The Labute approximate surface area is 77.5 Å². The molecule has 0 saturated carbocycles. The van der Waals surface area contributed by atoms with Gasteiger partial charge in [-0.05, 0) is 6.92 Å². The van der Waals surface area contributed by atoms with Crippen LogP contribution >= 0.6 is 0 Å². The van der Waals surface area contributed by atoms with Crippen LogP contribution in [0.15, 0.2) is 17.3 Å². The molecule has 1 unspecified atom stereocenters. The summed E-state index contributed by atoms with van der Waals surface area (Å²) in [4.78, 5) is 0.229. The first kappa shape index (κ1) is 10.2. The molecule has 2 N–H and O–H groups in total. The van der Waals surface area contributed by atoms with Crippen molar-refractivity contribution in [3.8, 4) is 0 Å². The van der Waals surface area contributed by atoms with E-state index in [9.17, 15) is 8.42 Å². The van der Waals surface area contributed by atoms with Crippen molar-refractivity contribution < 1.29 is 8.42 Å². The van der Waals surface area contributed by atoms with Crippen LogP contribution in [0.25, 0.3) is 0 Å². The molecule has 0 fully saturated rings. The van der Waals surface area contributed by atoms with Gasteiger partial charge >= 0.3 is 0 Å². The molecule has 0 aliphatic carbocycles. The molecule has 0 saturated heterocycles. The molecule has 1 atom stereocenters. The molecular formula is C7H13N3O2S. The Hall–Kier alpha value is -0.880. The quantitative estimate of drug-likeness (QED) is 0.738. The number of rotatable bonds is 3. The number of nitrogens with two attached hydrogens (primary N) is 1. The number of hydrogen-bond donors (Lipinski definition) is 1. The summed E-state index contributed by atoms with van der Waals surface area (Å²) in [6.45, 7) is 2.31. The van der Waals surface area contributed by atoms with Crippen LogP contribution in [0.3, 0.4) is 0 Å². The molecule has 0 aliphatic heterocycles. The predicted octanol–water partition coefficient (Wildman–Crippen LogP) is -0.194. The highest BCUT2D eigenvalue weighted by Crippen LogP contribution is 2.09. The second-order valence-electron chi connectivity index (χ2n) is 3.01. The molecule has 13 heavy (non-hydrogen) atoms. The topological polar surface area (TPSA) is 78.0 Å². The lowest BCUT2D eigenvalue weighted by Crippen LogP contribution is -2.16. The van der Waals surface area contributed by atoms with Crippen LogP contribution in [-0.2, 0) is 9.84 Å². The van der Waals surface area contributed by atoms with Crippen LogP contribution in [0.4, 0.5) is 0 Å². The van der Waals surface area contributed by atoms with Crippen molar-refractivity contribution in [3.05, 3.63) is 12.4 Å². The standard InChI is InChI=1S/C7H13N3O2S/c1-6(3-8)10-5-7(4-9-10)13(2,11)12/h4-6H,3,8H2,1-2H3. The molecule has 1 aromatic heterocycles. The van der Waals surface area contributed by atoms with Gasteiger partial charge in [0.25, 0.3) is 0 Å². The van der Waals surface area contributed by atoms with Crippen molar-refractivity contribution in [2.75, 3.05) is 12.8 Å². The van der Waals surface area contributed by atoms with Gasteiger partial charge in [-0.1, -0.05) is 0 Å². The molecule has 0 amide bonds. The minimum absolute atomic E-state index is 0.0236. The van der Waals surface area contributed by atoms with E-state index < -0.39 is 9.84 Å². The van der Waals surface area contributed by atoms with Crippen LogP contribution < -0.4 is 5.73 Å². The smallest absolute Gasteiger partial charge is 0.178 e. The number of nitrogens with zero attached hydrogens (tertiary/aromatic N) is 2. The van der Waals surface area contributed by atoms with E-state index in [0.717, 1.165) is 6.26 Å². The third-order valence-corrected chi connectivity index (χ3v) is 2.87. The SMILES string of the molecule is CC(CN)n1cc(S(C)(=O)=O)cn1. The number of sulfone groups is 1. The average Bonchev–Trinajstić information content (AvgIpc) is 2.50. The maximum atomic E-state index is 11.1. The van der Waals surface area contributed by atoms with Crippen LogP contribution in [0.2, 0.25) is 0 Å². The normalized spacial score (nSPS) is 14.4. The average molecular weight is 203 g/mol. The van der Waals surface area contributed by atoms with Gasteiger partial charge in [-0.3, -0.25) is 4.68 Å². The van der Waals surface area contributed by atoms with Crippen LogP contribution in [0, 0.1) is 0 Å². The highest BCUT2D eigenvalue weighted by Gasteiger charge is 2.11. The summed E-state index contributed by atoms with van der Waals surface area (Å²) in [5.41, 5.74) is 5.41. The van der Waals surface area contributed by atoms with E-state index in [-0.39, 0.29) is 10.9 Å². The first-order chi connectivity index (χ1) is 5.95. The van der Waals surface area contributed by atoms with Crippen molar-refractivity contribution in [1.29, 1.82) is 0 Å². The van der Waals surface area contributed by atoms with Gasteiger partial charge in [0.2, 0.25) is 0 Å². The largest absolute Gasteiger partial charge is 0.328 e. The van der Waals surface area contributed by atoms with Gasteiger partial charge < -0.3 is 5.73 Å². The summed E-state index contributed by atoms with van der Waals surface area (Å²) in [5, 5.41) is 3.91. The minimum atomic E-state index is -3.15. The van der Waals surface area contributed by atoms with Gasteiger partial charge in [0.15, 0.2) is 9.84 Å². The maximum Gasteiger partial charge on any atom is 0.178 e. The molecule has 1 aromatic rings. The Kier molecular flexibility index (Phi) is 2.72. The van der Waals surface area contributed by atoms with E-state index in [1.165, 1.54) is 12.4 Å². The van der Waals surface area contributed by atoms with Gasteiger partial charge in [-0.25, -0.2) is 8.42 Å². The number of aromatic nitrogens is 2. The van der Waals surface area contributed by atoms with Gasteiger partial charge in [-0.2, -0.15) is 5.10 Å². The highest BCUT2D eigenvalue weighted by atomic mass is 32.2. The molecule has 0 radical (unpaired) electrons. The molecule has 1 rings (SSSR count). The molecule has 5 nitrogen and oxygen atoms in total. The van der Waals surface area contributed by atoms with Crippen molar-refractivity contribution in [3.63, 3.8) is 0 Å². The fourth-order valence-corrected chi connectivity index (χ4v) is 1.40. The van der Waals surface area contributed by atoms with E-state index in [1.807, 2.05) is 6.92 Å². The maximum absolute atomic E-state index is 11.1. The van der Waals surface area contributed by atoms with Crippen LogP contribution in [-0.4, -0.2) is 31.0 Å². The minimum Gasteiger partial charge on any atom is -0.328 e. The van der Waals surface area contributed by atoms with Gasteiger partial charge in [0.1, 0.15) is 4.90 Å². The lowest BCUT2D eigenvalue weighted by Gasteiger charge is -2.07. The Morgan fingerprint density at radius 2 is 2.31 bits per heavy atom. The zero-order valence-electron chi connectivity index (χ0n) is 7.64. The third-order valence-electron chi connectivity index (χ3n) is 1.80. The van der Waals surface area contributed by atoms with Gasteiger partial charge in [0, 0.05) is 19.0 Å². The Bertz CT molecular complexity index is 382. The van der Waals surface area contributed by atoms with Crippen molar-refractivity contribution in [1.82, 2.24) is 9.78 Å². The second-order valence-corrected chi connectivity index (χ2v) is 5.03. The molecule has 74 valence electrons. The zero-order valence-corrected chi connectivity index (χ0v) is 8.45. The lowest BCUT2D eigenvalue weighted by atomic mass is 10.3. The monoisotopic (exact) mass is 203 g/mol. The Morgan fingerprint density at radius 1 is 1.69 bits per heavy atom. The van der Waals surface area contributed by atoms with E-state index in [4.69, 9.17) is 5.73 Å². The van der Waals surface area contributed by atoms with Gasteiger partial charge in [-0.15, -0.1) is 0 Å². The van der Waals surface area contributed by atoms with E-state index in [0.29, 0.717) is 6.54 Å². The summed E-state index contributed by atoms with van der Waals surface area (Å²) < 4.78 is 23.7. The summed E-state index contributed by atoms with van der Waals surface area (Å²) in [7, 11) is -3.15. The van der Waals surface area contributed by atoms with E-state index >= 15 is 0 Å². The van der Waals surface area contributed by atoms with E-state index in [1.54, 1.807) is 4.68 Å². The van der Waals surface area contributed by atoms with Crippen molar-refractivity contribution in [2.45, 2.75) is 17.9 Å². The van der Waals surface area contributed by atoms with Crippen LogP contribution in [0.5, 0.6) is 0 Å². The fraction of sp³-hybridized carbons (Fsp3) is 0.571. The van der Waals surface area contributed by atoms with E-state index in [2.05, 4.69) is 5.10 Å². The summed E-state index contributed by atoms with van der Waals surface area (Å²) in [6, 6.07) is 0.0236. The summed E-state index contributed by atoms with van der Waals surface area (Å²) >= 11 is 0. The molecule has 0 bridgehead atoms. The lowest BCUT2D eigenvalue weighted by molar-refractivity contribution is 0.500. The Balaban J connectivity index is 3.00. The highest BCUT2D eigenvalue weighted by molar-refractivity contribution is 7.90. The fourth-order valence-electron chi connectivity index (χ4n) is 0.861. The molecular weight excluding hydrogens is 190 g/mol. The number of hydrogen-bond acceptors (Lipinski definition) is 4. The molecule has 0 aliphatic rings. The molecule has 6 heteroatoms. The first-order valence-corrected chi connectivity index (χ1v) is 5.78.